The number of ether oxygens (including phenoxy) is 4. The maximum Gasteiger partial charge on any atom is 0.338 e. The lowest BCUT2D eigenvalue weighted by atomic mass is 10.2. The van der Waals surface area contributed by atoms with Gasteiger partial charge in [0.15, 0.2) is 0 Å². The van der Waals surface area contributed by atoms with Crippen molar-refractivity contribution >= 4 is 11.7 Å². The van der Waals surface area contributed by atoms with Crippen LogP contribution in [0.1, 0.15) is 21.5 Å². The Hall–Kier alpha value is -4.07. The monoisotopic (exact) mass is 423 g/mol. The van der Waals surface area contributed by atoms with Crippen LogP contribution in [-0.2, 0) is 18.0 Å². The molecule has 0 aliphatic carbocycles. The quantitative estimate of drug-likeness (QED) is 0.283. The lowest BCUT2D eigenvalue weighted by Gasteiger charge is -2.10. The first-order chi connectivity index (χ1) is 15.0. The molecule has 0 radical (unpaired) electrons. The molecule has 0 heterocycles. The Balaban J connectivity index is 1.70. The van der Waals surface area contributed by atoms with E-state index in [0.29, 0.717) is 11.5 Å². The van der Waals surface area contributed by atoms with Crippen LogP contribution in [0.5, 0.6) is 17.2 Å². The summed E-state index contributed by atoms with van der Waals surface area (Å²) in [6.45, 7) is 0.194. The fourth-order valence-corrected chi connectivity index (χ4v) is 2.73. The number of methoxy groups -OCH3 is 2. The molecule has 0 unspecified atom stereocenters. The number of rotatable bonds is 9. The van der Waals surface area contributed by atoms with E-state index in [1.807, 2.05) is 12.1 Å². The molecule has 0 saturated heterocycles. The summed E-state index contributed by atoms with van der Waals surface area (Å²) in [4.78, 5) is 23.2. The summed E-state index contributed by atoms with van der Waals surface area (Å²) in [5.74, 6) is 0.906. The van der Waals surface area contributed by atoms with Crippen LogP contribution in [0.2, 0.25) is 0 Å². The van der Waals surface area contributed by atoms with Crippen molar-refractivity contribution in [2.24, 2.45) is 0 Å². The number of carbonyl (C=O) groups excluding carboxylic acids is 1. The van der Waals surface area contributed by atoms with Gasteiger partial charge in [-0.3, -0.25) is 10.1 Å². The van der Waals surface area contributed by atoms with Crippen LogP contribution in [0.3, 0.4) is 0 Å². The summed E-state index contributed by atoms with van der Waals surface area (Å²) in [5.41, 5.74) is 1.38. The third-order valence-corrected chi connectivity index (χ3v) is 4.43. The maximum atomic E-state index is 12.5. The molecule has 0 aliphatic rings. The molecule has 0 aliphatic heterocycles. The third-order valence-electron chi connectivity index (χ3n) is 4.43. The zero-order chi connectivity index (χ0) is 22.2. The zero-order valence-corrected chi connectivity index (χ0v) is 17.1. The second kappa shape index (κ2) is 10.1. The number of nitro benzene ring substituents is 1. The maximum absolute atomic E-state index is 12.5. The van der Waals surface area contributed by atoms with Gasteiger partial charge in [-0.25, -0.2) is 4.79 Å². The van der Waals surface area contributed by atoms with E-state index >= 15 is 0 Å². The van der Waals surface area contributed by atoms with Gasteiger partial charge in [-0.2, -0.15) is 0 Å². The van der Waals surface area contributed by atoms with Crippen LogP contribution < -0.4 is 14.2 Å². The highest BCUT2D eigenvalue weighted by molar-refractivity contribution is 5.90. The number of nitrogens with zero attached hydrogens (tertiary/aromatic N) is 1. The van der Waals surface area contributed by atoms with E-state index in [4.69, 9.17) is 18.9 Å². The minimum absolute atomic E-state index is 0.0214. The van der Waals surface area contributed by atoms with Gasteiger partial charge in [0.25, 0.3) is 5.69 Å². The van der Waals surface area contributed by atoms with Crippen molar-refractivity contribution in [1.29, 1.82) is 0 Å². The van der Waals surface area contributed by atoms with E-state index in [0.717, 1.165) is 17.2 Å². The predicted molar refractivity (Wildman–Crippen MR) is 113 cm³/mol. The second-order valence-corrected chi connectivity index (χ2v) is 6.53. The van der Waals surface area contributed by atoms with Crippen LogP contribution in [0.15, 0.2) is 66.7 Å². The molecule has 31 heavy (non-hydrogen) atoms. The van der Waals surface area contributed by atoms with Gasteiger partial charge in [-0.15, -0.1) is 0 Å². The van der Waals surface area contributed by atoms with Gasteiger partial charge >= 0.3 is 5.97 Å². The first kappa shape index (κ1) is 21.6. The number of nitro groups is 1. The van der Waals surface area contributed by atoms with E-state index in [1.165, 1.54) is 12.1 Å². The summed E-state index contributed by atoms with van der Waals surface area (Å²) in [5, 5.41) is 11.3. The first-order valence-electron chi connectivity index (χ1n) is 9.34. The van der Waals surface area contributed by atoms with Gasteiger partial charge < -0.3 is 18.9 Å². The van der Waals surface area contributed by atoms with Crippen molar-refractivity contribution in [3.8, 4) is 17.2 Å². The second-order valence-electron chi connectivity index (χ2n) is 6.53. The summed E-state index contributed by atoms with van der Waals surface area (Å²) in [7, 11) is 3.13. The SMILES string of the molecule is COc1ccc(COC(=O)c2cc(OCc3ccc(OC)cc3)cc([N+](=O)[O-])c2)cc1. The van der Waals surface area contributed by atoms with Gasteiger partial charge in [-0.05, 0) is 41.5 Å². The van der Waals surface area contributed by atoms with Crippen LogP contribution in [0, 0.1) is 10.1 Å². The minimum Gasteiger partial charge on any atom is -0.497 e. The highest BCUT2D eigenvalue weighted by Crippen LogP contribution is 2.25. The van der Waals surface area contributed by atoms with Crippen molar-refractivity contribution in [3.63, 3.8) is 0 Å². The van der Waals surface area contributed by atoms with Gasteiger partial charge in [0.1, 0.15) is 30.5 Å². The highest BCUT2D eigenvalue weighted by atomic mass is 16.6. The average Bonchev–Trinajstić information content (AvgIpc) is 2.81. The van der Waals surface area contributed by atoms with Crippen molar-refractivity contribution < 1.29 is 28.7 Å². The molecular formula is C23H21NO7. The number of carbonyl (C=O) groups is 1. The number of hydrogen-bond donors (Lipinski definition) is 0. The summed E-state index contributed by atoms with van der Waals surface area (Å²) in [6.07, 6.45) is 0. The van der Waals surface area contributed by atoms with E-state index in [2.05, 4.69) is 0 Å². The topological polar surface area (TPSA) is 97.1 Å². The Kier molecular flexibility index (Phi) is 7.05. The molecule has 0 fully saturated rings. The van der Waals surface area contributed by atoms with E-state index < -0.39 is 10.9 Å². The van der Waals surface area contributed by atoms with Gasteiger partial charge in [0, 0.05) is 6.07 Å². The molecule has 0 spiro atoms. The van der Waals surface area contributed by atoms with E-state index in [1.54, 1.807) is 50.6 Å². The third kappa shape index (κ3) is 5.96. The standard InChI is InChI=1S/C23H21NO7/c1-28-20-7-3-16(4-8-20)14-30-22-12-18(11-19(13-22)24(26)27)23(25)31-15-17-5-9-21(29-2)10-6-17/h3-13H,14-15H2,1-2H3. The van der Waals surface area contributed by atoms with E-state index in [-0.39, 0.29) is 30.2 Å². The van der Waals surface area contributed by atoms with Gasteiger partial charge in [0.2, 0.25) is 0 Å². The molecule has 0 bridgehead atoms. The zero-order valence-electron chi connectivity index (χ0n) is 17.1. The van der Waals surface area contributed by atoms with Crippen LogP contribution in [0.25, 0.3) is 0 Å². The molecule has 0 saturated carbocycles. The predicted octanol–water partition coefficient (Wildman–Crippen LogP) is 4.55. The summed E-state index contributed by atoms with van der Waals surface area (Å²) in [6, 6.07) is 18.1. The van der Waals surface area contributed by atoms with Crippen LogP contribution >= 0.6 is 0 Å². The van der Waals surface area contributed by atoms with Crippen molar-refractivity contribution in [1.82, 2.24) is 0 Å². The van der Waals surface area contributed by atoms with Crippen LogP contribution in [0.4, 0.5) is 5.69 Å². The molecule has 8 heteroatoms. The summed E-state index contributed by atoms with van der Waals surface area (Å²) >= 11 is 0. The number of non-ortho nitro benzene ring substituents is 1. The fraction of sp³-hybridized carbons (Fsp3) is 0.174. The Morgan fingerprint density at radius 2 is 1.35 bits per heavy atom. The number of benzene rings is 3. The van der Waals surface area contributed by atoms with Crippen molar-refractivity contribution in [2.75, 3.05) is 14.2 Å². The molecule has 0 amide bonds. The normalized spacial score (nSPS) is 10.3. The van der Waals surface area contributed by atoms with Crippen molar-refractivity contribution in [3.05, 3.63) is 93.5 Å². The average molecular weight is 423 g/mol. The molecule has 0 aromatic heterocycles. The smallest absolute Gasteiger partial charge is 0.338 e. The van der Waals surface area contributed by atoms with E-state index in [9.17, 15) is 14.9 Å². The first-order valence-corrected chi connectivity index (χ1v) is 9.34. The molecule has 3 aromatic rings. The number of esters is 1. The molecule has 0 N–H and O–H groups in total. The van der Waals surface area contributed by atoms with Gasteiger partial charge in [-0.1, -0.05) is 24.3 Å². The Bertz CT molecular complexity index is 1050. The summed E-state index contributed by atoms with van der Waals surface area (Å²) < 4.78 is 21.2. The Morgan fingerprint density at radius 3 is 1.87 bits per heavy atom. The molecule has 3 rings (SSSR count). The molecule has 160 valence electrons. The van der Waals surface area contributed by atoms with Crippen molar-refractivity contribution in [2.45, 2.75) is 13.2 Å². The molecule has 3 aromatic carbocycles. The Labute approximate surface area is 179 Å². The van der Waals surface area contributed by atoms with Crippen LogP contribution in [-0.4, -0.2) is 25.1 Å². The molecule has 0 atom stereocenters. The fourth-order valence-electron chi connectivity index (χ4n) is 2.73. The lowest BCUT2D eigenvalue weighted by Crippen LogP contribution is -2.07. The molecular weight excluding hydrogens is 402 g/mol. The Morgan fingerprint density at radius 1 is 0.806 bits per heavy atom. The highest BCUT2D eigenvalue weighted by Gasteiger charge is 2.17. The number of hydrogen-bond acceptors (Lipinski definition) is 7. The lowest BCUT2D eigenvalue weighted by molar-refractivity contribution is -0.385. The largest absolute Gasteiger partial charge is 0.497 e. The molecule has 8 nitrogen and oxygen atoms in total. The minimum atomic E-state index is -0.686. The van der Waals surface area contributed by atoms with Gasteiger partial charge in [0.05, 0.1) is 30.8 Å².